The van der Waals surface area contributed by atoms with Gasteiger partial charge in [-0.2, -0.15) is 0 Å². The first-order chi connectivity index (χ1) is 9.56. The number of halogens is 1. The molecule has 5 heteroatoms. The van der Waals surface area contributed by atoms with Gasteiger partial charge in [0.15, 0.2) is 10.4 Å². The molecule has 0 aliphatic heterocycles. The number of benzene rings is 1. The van der Waals surface area contributed by atoms with Crippen molar-refractivity contribution in [1.82, 2.24) is 14.5 Å². The number of fused-ring (bicyclic) bond motifs is 1. The van der Waals surface area contributed by atoms with E-state index >= 15 is 0 Å². The largest absolute Gasteiger partial charge is 0.329 e. The molecule has 1 N–H and O–H groups in total. The van der Waals surface area contributed by atoms with Gasteiger partial charge < -0.3 is 4.98 Å². The summed E-state index contributed by atoms with van der Waals surface area (Å²) in [6, 6.07) is 10.4. The zero-order chi connectivity index (χ0) is 14.3. The Hall–Kier alpha value is -2.01. The van der Waals surface area contributed by atoms with Crippen molar-refractivity contribution in [2.24, 2.45) is 0 Å². The van der Waals surface area contributed by atoms with E-state index in [0.29, 0.717) is 4.77 Å². The first kappa shape index (κ1) is 13.0. The SMILES string of the molecule is Cc1ccc2[nH]c(=S)n(C(C)c3cccc(F)c3)c2n1. The molecule has 1 aromatic carbocycles. The lowest BCUT2D eigenvalue weighted by atomic mass is 10.1. The lowest BCUT2D eigenvalue weighted by molar-refractivity contribution is 0.606. The molecule has 0 saturated carbocycles. The second-order valence-electron chi connectivity index (χ2n) is 4.85. The number of nitrogens with one attached hydrogen (secondary N) is 1. The summed E-state index contributed by atoms with van der Waals surface area (Å²) < 4.78 is 15.9. The smallest absolute Gasteiger partial charge is 0.179 e. The van der Waals surface area contributed by atoms with Gasteiger partial charge in [-0.05, 0) is 55.9 Å². The molecular weight excluding hydrogens is 273 g/mol. The third kappa shape index (κ3) is 2.14. The van der Waals surface area contributed by atoms with Gasteiger partial charge in [-0.15, -0.1) is 0 Å². The summed E-state index contributed by atoms with van der Waals surface area (Å²) in [5, 5.41) is 0. The number of imidazole rings is 1. The van der Waals surface area contributed by atoms with E-state index in [2.05, 4.69) is 9.97 Å². The Balaban J connectivity index is 2.21. The Bertz CT molecular complexity index is 834. The molecular formula is C15H14FN3S. The van der Waals surface area contributed by atoms with Crippen LogP contribution in [0.3, 0.4) is 0 Å². The minimum Gasteiger partial charge on any atom is -0.329 e. The number of hydrogen-bond donors (Lipinski definition) is 1. The molecule has 0 fully saturated rings. The first-order valence-electron chi connectivity index (χ1n) is 6.39. The van der Waals surface area contributed by atoms with Gasteiger partial charge in [0.2, 0.25) is 0 Å². The van der Waals surface area contributed by atoms with E-state index in [1.54, 1.807) is 6.07 Å². The van der Waals surface area contributed by atoms with E-state index < -0.39 is 0 Å². The van der Waals surface area contributed by atoms with Gasteiger partial charge in [0.25, 0.3) is 0 Å². The molecule has 102 valence electrons. The Kier molecular flexibility index (Phi) is 3.14. The summed E-state index contributed by atoms with van der Waals surface area (Å²) in [6.45, 7) is 3.93. The van der Waals surface area contributed by atoms with Crippen molar-refractivity contribution in [2.45, 2.75) is 19.9 Å². The molecule has 3 nitrogen and oxygen atoms in total. The van der Waals surface area contributed by atoms with Gasteiger partial charge in [-0.1, -0.05) is 12.1 Å². The zero-order valence-corrected chi connectivity index (χ0v) is 12.0. The predicted octanol–water partition coefficient (Wildman–Crippen LogP) is 4.15. The van der Waals surface area contributed by atoms with Crippen LogP contribution in [0.1, 0.15) is 24.2 Å². The Morgan fingerprint density at radius 3 is 2.85 bits per heavy atom. The molecule has 20 heavy (non-hydrogen) atoms. The van der Waals surface area contributed by atoms with E-state index in [1.807, 2.05) is 36.6 Å². The first-order valence-corrected chi connectivity index (χ1v) is 6.80. The second-order valence-corrected chi connectivity index (χ2v) is 5.24. The molecule has 0 radical (unpaired) electrons. The highest BCUT2D eigenvalue weighted by atomic mass is 32.1. The molecule has 1 atom stereocenters. The zero-order valence-electron chi connectivity index (χ0n) is 11.2. The van der Waals surface area contributed by atoms with E-state index in [1.165, 1.54) is 12.1 Å². The third-order valence-electron chi connectivity index (χ3n) is 3.42. The summed E-state index contributed by atoms with van der Waals surface area (Å²) in [4.78, 5) is 7.68. The van der Waals surface area contributed by atoms with Gasteiger partial charge in [-0.3, -0.25) is 4.57 Å². The molecule has 2 aromatic heterocycles. The minimum absolute atomic E-state index is 0.0822. The van der Waals surface area contributed by atoms with Crippen LogP contribution in [0, 0.1) is 17.5 Å². The Morgan fingerprint density at radius 2 is 2.10 bits per heavy atom. The van der Waals surface area contributed by atoms with Gasteiger partial charge in [0.1, 0.15) is 5.82 Å². The standard InChI is InChI=1S/C15H14FN3S/c1-9-6-7-13-14(17-9)19(15(20)18-13)10(2)11-4-3-5-12(16)8-11/h3-8,10H,1-2H3,(H,18,20). The summed E-state index contributed by atoms with van der Waals surface area (Å²) >= 11 is 5.38. The average molecular weight is 287 g/mol. The molecule has 0 bridgehead atoms. The van der Waals surface area contributed by atoms with Crippen molar-refractivity contribution >= 4 is 23.4 Å². The van der Waals surface area contributed by atoms with Gasteiger partial charge in [-0.25, -0.2) is 9.37 Å². The van der Waals surface area contributed by atoms with Crippen LogP contribution in [-0.2, 0) is 0 Å². The number of aryl methyl sites for hydroxylation is 1. The van der Waals surface area contributed by atoms with Crippen LogP contribution in [0.4, 0.5) is 4.39 Å². The maximum atomic E-state index is 13.4. The third-order valence-corrected chi connectivity index (χ3v) is 3.72. The maximum absolute atomic E-state index is 13.4. The Labute approximate surface area is 121 Å². The number of H-pyrrole nitrogens is 1. The lowest BCUT2D eigenvalue weighted by Gasteiger charge is -2.14. The van der Waals surface area contributed by atoms with Crippen molar-refractivity contribution in [1.29, 1.82) is 0 Å². The number of hydrogen-bond acceptors (Lipinski definition) is 2. The summed E-state index contributed by atoms with van der Waals surface area (Å²) in [7, 11) is 0. The normalized spacial score (nSPS) is 12.8. The number of rotatable bonds is 2. The fourth-order valence-corrected chi connectivity index (χ4v) is 2.73. The van der Waals surface area contributed by atoms with E-state index in [0.717, 1.165) is 22.4 Å². The van der Waals surface area contributed by atoms with Crippen molar-refractivity contribution in [2.75, 3.05) is 0 Å². The van der Waals surface area contributed by atoms with Crippen LogP contribution in [0.5, 0.6) is 0 Å². The van der Waals surface area contributed by atoms with Crippen molar-refractivity contribution in [3.8, 4) is 0 Å². The summed E-state index contributed by atoms with van der Waals surface area (Å²) in [6.07, 6.45) is 0. The highest BCUT2D eigenvalue weighted by Gasteiger charge is 2.14. The number of nitrogens with zero attached hydrogens (tertiary/aromatic N) is 2. The Morgan fingerprint density at radius 1 is 1.30 bits per heavy atom. The summed E-state index contributed by atoms with van der Waals surface area (Å²) in [5.41, 5.74) is 3.48. The van der Waals surface area contributed by atoms with Crippen molar-refractivity contribution < 1.29 is 4.39 Å². The van der Waals surface area contributed by atoms with Crippen molar-refractivity contribution in [3.05, 3.63) is 58.2 Å². The highest BCUT2D eigenvalue weighted by molar-refractivity contribution is 7.71. The highest BCUT2D eigenvalue weighted by Crippen LogP contribution is 2.24. The van der Waals surface area contributed by atoms with Crippen LogP contribution < -0.4 is 0 Å². The molecule has 0 spiro atoms. The molecule has 0 aliphatic rings. The molecule has 0 saturated heterocycles. The van der Waals surface area contributed by atoms with Gasteiger partial charge >= 0.3 is 0 Å². The minimum atomic E-state index is -0.246. The van der Waals surface area contributed by atoms with Gasteiger partial charge in [0.05, 0.1) is 11.6 Å². The van der Waals surface area contributed by atoms with Crippen LogP contribution in [0.25, 0.3) is 11.2 Å². The monoisotopic (exact) mass is 287 g/mol. The molecule has 3 rings (SSSR count). The van der Waals surface area contributed by atoms with E-state index in [9.17, 15) is 4.39 Å². The quantitative estimate of drug-likeness (QED) is 0.718. The predicted molar refractivity (Wildman–Crippen MR) is 79.9 cm³/mol. The fraction of sp³-hybridized carbons (Fsp3) is 0.200. The summed E-state index contributed by atoms with van der Waals surface area (Å²) in [5.74, 6) is -0.246. The average Bonchev–Trinajstić information content (AvgIpc) is 2.73. The molecule has 1 unspecified atom stereocenters. The van der Waals surface area contributed by atoms with E-state index in [4.69, 9.17) is 12.2 Å². The second kappa shape index (κ2) is 4.83. The van der Waals surface area contributed by atoms with Crippen LogP contribution in [-0.4, -0.2) is 14.5 Å². The van der Waals surface area contributed by atoms with Gasteiger partial charge in [0, 0.05) is 5.69 Å². The van der Waals surface area contributed by atoms with Crippen LogP contribution >= 0.6 is 12.2 Å². The number of aromatic amines is 1. The molecule has 0 aliphatic carbocycles. The molecule has 2 heterocycles. The number of pyridine rings is 1. The van der Waals surface area contributed by atoms with E-state index in [-0.39, 0.29) is 11.9 Å². The topological polar surface area (TPSA) is 33.6 Å². The fourth-order valence-electron chi connectivity index (χ4n) is 2.37. The molecule has 3 aromatic rings. The number of aromatic nitrogens is 3. The lowest BCUT2D eigenvalue weighted by Crippen LogP contribution is -2.08. The van der Waals surface area contributed by atoms with Crippen molar-refractivity contribution in [3.63, 3.8) is 0 Å². The maximum Gasteiger partial charge on any atom is 0.179 e. The van der Waals surface area contributed by atoms with Crippen LogP contribution in [0.2, 0.25) is 0 Å². The van der Waals surface area contributed by atoms with Crippen LogP contribution in [0.15, 0.2) is 36.4 Å². The molecule has 0 amide bonds.